The van der Waals surface area contributed by atoms with Crippen molar-refractivity contribution in [2.45, 2.75) is 32.2 Å². The number of esters is 1. The molecule has 188 valence electrons. The molecule has 0 radical (unpaired) electrons. The van der Waals surface area contributed by atoms with Crippen LogP contribution in [0.25, 0.3) is 0 Å². The van der Waals surface area contributed by atoms with Crippen LogP contribution in [0, 0.1) is 5.92 Å². The zero-order valence-corrected chi connectivity index (χ0v) is 21.3. The summed E-state index contributed by atoms with van der Waals surface area (Å²) in [5.41, 5.74) is 2.45. The van der Waals surface area contributed by atoms with E-state index in [1.165, 1.54) is 24.6 Å². The standard InChI is InChI=1S/C25H31N3O6S/c1-15-22(24(30)34-10-9-31-2)23(19-8-7-18(32-3)12-20(19)33-4)28-17(14-35-25(28)27-15)11-21(29)26-13-16-5-6-16/h7-8,12,14,16,23H,5-6,9-11,13H2,1-4H3,(H,26,29)/t23-/m1/s1. The van der Waals surface area contributed by atoms with Crippen LogP contribution in [0.1, 0.15) is 37.8 Å². The van der Waals surface area contributed by atoms with Crippen molar-refractivity contribution in [3.63, 3.8) is 0 Å². The highest BCUT2D eigenvalue weighted by atomic mass is 32.2. The third kappa shape index (κ3) is 5.65. The van der Waals surface area contributed by atoms with Crippen LogP contribution in [0.2, 0.25) is 0 Å². The molecule has 1 fully saturated rings. The topological polar surface area (TPSA) is 98.7 Å². The van der Waals surface area contributed by atoms with Crippen molar-refractivity contribution in [3.05, 3.63) is 46.1 Å². The zero-order chi connectivity index (χ0) is 24.9. The van der Waals surface area contributed by atoms with E-state index in [1.54, 1.807) is 34.3 Å². The number of benzene rings is 1. The summed E-state index contributed by atoms with van der Waals surface area (Å²) in [6.07, 6.45) is 2.51. The summed E-state index contributed by atoms with van der Waals surface area (Å²) < 4.78 is 21.6. The molecule has 1 saturated carbocycles. The van der Waals surface area contributed by atoms with Gasteiger partial charge in [0, 0.05) is 31.0 Å². The number of ether oxygens (including phenoxy) is 4. The molecule has 0 aromatic heterocycles. The predicted molar refractivity (Wildman–Crippen MR) is 133 cm³/mol. The lowest BCUT2D eigenvalue weighted by molar-refractivity contribution is -0.141. The first kappa shape index (κ1) is 25.1. The average Bonchev–Trinajstić information content (AvgIpc) is 3.61. The number of thioether (sulfide) groups is 1. The van der Waals surface area contributed by atoms with Gasteiger partial charge in [-0.15, -0.1) is 0 Å². The van der Waals surface area contributed by atoms with Crippen molar-refractivity contribution in [2.75, 3.05) is 41.1 Å². The molecule has 1 N–H and O–H groups in total. The molecule has 2 aliphatic heterocycles. The van der Waals surface area contributed by atoms with Gasteiger partial charge in [0.05, 0.1) is 44.6 Å². The van der Waals surface area contributed by atoms with Crippen LogP contribution >= 0.6 is 11.8 Å². The summed E-state index contributed by atoms with van der Waals surface area (Å²) in [7, 11) is 4.71. The Morgan fingerprint density at radius 2 is 1.97 bits per heavy atom. The van der Waals surface area contributed by atoms with Crippen molar-refractivity contribution in [2.24, 2.45) is 10.9 Å². The predicted octanol–water partition coefficient (Wildman–Crippen LogP) is 3.38. The number of aliphatic imine (C=N–C) groups is 1. The maximum Gasteiger partial charge on any atom is 0.338 e. The van der Waals surface area contributed by atoms with Crippen molar-refractivity contribution in [1.82, 2.24) is 10.2 Å². The quantitative estimate of drug-likeness (QED) is 0.364. The average molecular weight is 502 g/mol. The third-order valence-corrected chi connectivity index (χ3v) is 6.99. The van der Waals surface area contributed by atoms with E-state index in [2.05, 4.69) is 10.3 Å². The van der Waals surface area contributed by atoms with Gasteiger partial charge in [-0.1, -0.05) is 11.8 Å². The Bertz CT molecular complexity index is 1080. The fraction of sp³-hybridized carbons (Fsp3) is 0.480. The maximum absolute atomic E-state index is 13.3. The van der Waals surface area contributed by atoms with Crippen molar-refractivity contribution in [3.8, 4) is 11.5 Å². The second-order valence-corrected chi connectivity index (χ2v) is 9.39. The molecule has 0 saturated heterocycles. The molecule has 4 rings (SSSR count). The molecule has 9 nitrogen and oxygen atoms in total. The van der Waals surface area contributed by atoms with Gasteiger partial charge in [-0.25, -0.2) is 9.79 Å². The number of nitrogens with one attached hydrogen (secondary N) is 1. The number of fused-ring (bicyclic) bond motifs is 1. The fourth-order valence-corrected chi connectivity index (χ4v) is 5.04. The molecule has 1 atom stereocenters. The summed E-state index contributed by atoms with van der Waals surface area (Å²) in [6.45, 7) is 2.90. The Morgan fingerprint density at radius 3 is 2.66 bits per heavy atom. The fourth-order valence-electron chi connectivity index (χ4n) is 4.07. The molecule has 1 aliphatic carbocycles. The molecular weight excluding hydrogens is 470 g/mol. The van der Waals surface area contributed by atoms with E-state index in [0.717, 1.165) is 11.3 Å². The minimum Gasteiger partial charge on any atom is -0.497 e. The van der Waals surface area contributed by atoms with E-state index in [1.807, 2.05) is 22.4 Å². The Hall–Kier alpha value is -2.98. The van der Waals surface area contributed by atoms with Gasteiger partial charge in [0.25, 0.3) is 0 Å². The highest BCUT2D eigenvalue weighted by Crippen LogP contribution is 2.47. The first-order chi connectivity index (χ1) is 17.0. The summed E-state index contributed by atoms with van der Waals surface area (Å²) in [5.74, 6) is 1.24. The minimum absolute atomic E-state index is 0.0547. The maximum atomic E-state index is 13.3. The SMILES string of the molecule is COCCOC(=O)C1=C(C)N=C2SC=C(CC(=O)NCC3CC3)N2[C@@H]1c1ccc(OC)cc1OC. The van der Waals surface area contributed by atoms with Gasteiger partial charge in [-0.2, -0.15) is 0 Å². The van der Waals surface area contributed by atoms with E-state index in [9.17, 15) is 9.59 Å². The van der Waals surface area contributed by atoms with Crippen LogP contribution in [0.5, 0.6) is 11.5 Å². The smallest absolute Gasteiger partial charge is 0.338 e. The molecule has 0 unspecified atom stereocenters. The number of hydrogen-bond donors (Lipinski definition) is 1. The van der Waals surface area contributed by atoms with Crippen LogP contribution in [-0.4, -0.2) is 63.0 Å². The highest BCUT2D eigenvalue weighted by molar-refractivity contribution is 8.16. The van der Waals surface area contributed by atoms with E-state index in [0.29, 0.717) is 40.4 Å². The Kier molecular flexibility index (Phi) is 8.02. The van der Waals surface area contributed by atoms with Crippen LogP contribution in [0.4, 0.5) is 0 Å². The van der Waals surface area contributed by atoms with Gasteiger partial charge in [0.15, 0.2) is 5.17 Å². The highest BCUT2D eigenvalue weighted by Gasteiger charge is 2.42. The molecule has 2 heterocycles. The largest absolute Gasteiger partial charge is 0.497 e. The molecule has 35 heavy (non-hydrogen) atoms. The van der Waals surface area contributed by atoms with Crippen molar-refractivity contribution >= 4 is 28.8 Å². The van der Waals surface area contributed by atoms with Crippen LogP contribution < -0.4 is 14.8 Å². The second kappa shape index (κ2) is 11.2. The van der Waals surface area contributed by atoms with Crippen molar-refractivity contribution in [1.29, 1.82) is 0 Å². The Morgan fingerprint density at radius 1 is 1.17 bits per heavy atom. The summed E-state index contributed by atoms with van der Waals surface area (Å²) in [5, 5.41) is 5.64. The number of nitrogens with zero attached hydrogens (tertiary/aromatic N) is 2. The van der Waals surface area contributed by atoms with Gasteiger partial charge < -0.3 is 29.2 Å². The Labute approximate surface area is 209 Å². The lowest BCUT2D eigenvalue weighted by Gasteiger charge is -2.36. The second-order valence-electron chi connectivity index (χ2n) is 8.55. The number of carbonyl (C=O) groups excluding carboxylic acids is 2. The van der Waals surface area contributed by atoms with Gasteiger partial charge in [0.2, 0.25) is 5.91 Å². The zero-order valence-electron chi connectivity index (χ0n) is 20.5. The van der Waals surface area contributed by atoms with Crippen LogP contribution in [0.15, 0.2) is 45.6 Å². The van der Waals surface area contributed by atoms with E-state index >= 15 is 0 Å². The Balaban J connectivity index is 1.70. The minimum atomic E-state index is -0.587. The van der Waals surface area contributed by atoms with Crippen LogP contribution in [-0.2, 0) is 19.1 Å². The number of amides is 1. The lowest BCUT2D eigenvalue weighted by atomic mass is 9.93. The number of carbonyl (C=O) groups is 2. The van der Waals surface area contributed by atoms with Crippen molar-refractivity contribution < 1.29 is 28.5 Å². The number of amidine groups is 1. The van der Waals surface area contributed by atoms with Gasteiger partial charge in [-0.3, -0.25) is 4.79 Å². The third-order valence-electron chi connectivity index (χ3n) is 6.10. The molecule has 3 aliphatic rings. The molecule has 0 bridgehead atoms. The number of methoxy groups -OCH3 is 3. The van der Waals surface area contributed by atoms with E-state index < -0.39 is 12.0 Å². The van der Waals surface area contributed by atoms with E-state index in [4.69, 9.17) is 18.9 Å². The summed E-state index contributed by atoms with van der Waals surface area (Å²) >= 11 is 1.43. The molecule has 1 aromatic carbocycles. The molecule has 10 heteroatoms. The first-order valence-electron chi connectivity index (χ1n) is 11.6. The monoisotopic (exact) mass is 501 g/mol. The number of allylic oxidation sites excluding steroid dienone is 1. The lowest BCUT2D eigenvalue weighted by Crippen LogP contribution is -2.38. The number of hydrogen-bond acceptors (Lipinski definition) is 9. The van der Waals surface area contributed by atoms with Gasteiger partial charge >= 0.3 is 5.97 Å². The van der Waals surface area contributed by atoms with E-state index in [-0.39, 0.29) is 25.5 Å². The first-order valence-corrected chi connectivity index (χ1v) is 12.4. The van der Waals surface area contributed by atoms with Gasteiger partial charge in [-0.05, 0) is 43.2 Å². The van der Waals surface area contributed by atoms with Gasteiger partial charge in [0.1, 0.15) is 18.1 Å². The summed E-state index contributed by atoms with van der Waals surface area (Å²) in [4.78, 5) is 32.6. The molecular formula is C25H31N3O6S. The van der Waals surface area contributed by atoms with Crippen LogP contribution in [0.3, 0.4) is 0 Å². The normalized spacial score (nSPS) is 19.1. The number of rotatable bonds is 11. The molecule has 1 aromatic rings. The molecule has 1 amide bonds. The molecule has 0 spiro atoms. The summed E-state index contributed by atoms with van der Waals surface area (Å²) in [6, 6.07) is 4.88.